The van der Waals surface area contributed by atoms with Gasteiger partial charge < -0.3 is 15.2 Å². The molecule has 0 aliphatic carbocycles. The summed E-state index contributed by atoms with van der Waals surface area (Å²) >= 11 is 0. The molecule has 0 aromatic heterocycles. The van der Waals surface area contributed by atoms with E-state index in [-0.39, 0.29) is 6.10 Å². The number of rotatable bonds is 7. The Morgan fingerprint density at radius 3 is 2.72 bits per heavy atom. The average Bonchev–Trinajstić information content (AvgIpc) is 2.27. The number of nitrogens with one attached hydrogen (secondary N) is 1. The lowest BCUT2D eigenvalue weighted by Gasteiger charge is -2.18. The molecule has 1 aromatic rings. The molecular formula is C15H25NO2. The molecule has 1 rings (SSSR count). The maximum Gasteiger partial charge on any atom is 0.121 e. The van der Waals surface area contributed by atoms with Gasteiger partial charge in [-0.15, -0.1) is 0 Å². The molecule has 0 fully saturated rings. The van der Waals surface area contributed by atoms with Gasteiger partial charge in [-0.3, -0.25) is 0 Å². The Hall–Kier alpha value is -1.22. The van der Waals surface area contributed by atoms with Crippen LogP contribution in [0, 0.1) is 0 Å². The third-order valence-electron chi connectivity index (χ3n) is 2.81. The van der Waals surface area contributed by atoms with Crippen molar-refractivity contribution in [2.45, 2.75) is 52.2 Å². The summed E-state index contributed by atoms with van der Waals surface area (Å²) in [5.41, 5.74) is 0.401. The second kappa shape index (κ2) is 6.64. The second-order valence-corrected chi connectivity index (χ2v) is 5.35. The molecule has 1 unspecified atom stereocenters. The quantitative estimate of drug-likeness (QED) is 0.780. The van der Waals surface area contributed by atoms with Crippen LogP contribution in [0.1, 0.15) is 40.5 Å². The molecule has 0 aliphatic heterocycles. The Labute approximate surface area is 110 Å². The molecule has 0 radical (unpaired) electrons. The molecule has 0 saturated carbocycles. The lowest BCUT2D eigenvalue weighted by molar-refractivity contribution is 0.0749. The van der Waals surface area contributed by atoms with E-state index in [4.69, 9.17) is 4.74 Å². The Kier molecular flexibility index (Phi) is 5.48. The molecular weight excluding hydrogens is 226 g/mol. The number of benzene rings is 1. The van der Waals surface area contributed by atoms with Gasteiger partial charge in [0.2, 0.25) is 0 Å². The highest BCUT2D eigenvalue weighted by Crippen LogP contribution is 2.19. The molecule has 3 nitrogen and oxygen atoms in total. The van der Waals surface area contributed by atoms with E-state index < -0.39 is 5.60 Å². The van der Waals surface area contributed by atoms with Crippen LogP contribution in [0.25, 0.3) is 0 Å². The van der Waals surface area contributed by atoms with Crippen LogP contribution in [0.5, 0.6) is 5.75 Å². The summed E-state index contributed by atoms with van der Waals surface area (Å²) in [4.78, 5) is 0. The highest BCUT2D eigenvalue weighted by molar-refractivity contribution is 5.48. The third kappa shape index (κ3) is 5.92. The van der Waals surface area contributed by atoms with Crippen molar-refractivity contribution in [3.8, 4) is 5.75 Å². The Morgan fingerprint density at radius 1 is 1.39 bits per heavy atom. The van der Waals surface area contributed by atoms with Crippen molar-refractivity contribution >= 4 is 5.69 Å². The van der Waals surface area contributed by atoms with Crippen LogP contribution in [-0.4, -0.2) is 23.4 Å². The molecule has 1 aromatic carbocycles. The standard InChI is InChI=1S/C15H25NO2/c1-5-12(2)18-14-8-6-7-13(11-14)16-10-9-15(3,4)17/h6-8,11-12,16-17H,5,9-10H2,1-4H3. The van der Waals surface area contributed by atoms with Gasteiger partial charge in [-0.05, 0) is 45.7 Å². The smallest absolute Gasteiger partial charge is 0.121 e. The third-order valence-corrected chi connectivity index (χ3v) is 2.81. The van der Waals surface area contributed by atoms with Gasteiger partial charge >= 0.3 is 0 Å². The second-order valence-electron chi connectivity index (χ2n) is 5.35. The molecule has 102 valence electrons. The minimum Gasteiger partial charge on any atom is -0.491 e. The fourth-order valence-corrected chi connectivity index (χ4v) is 1.51. The number of ether oxygens (including phenoxy) is 1. The largest absolute Gasteiger partial charge is 0.491 e. The summed E-state index contributed by atoms with van der Waals surface area (Å²) in [6, 6.07) is 7.95. The predicted molar refractivity (Wildman–Crippen MR) is 76.2 cm³/mol. The van der Waals surface area contributed by atoms with Gasteiger partial charge in [-0.1, -0.05) is 13.0 Å². The minimum atomic E-state index is -0.627. The van der Waals surface area contributed by atoms with Crippen LogP contribution >= 0.6 is 0 Å². The number of hydrogen-bond donors (Lipinski definition) is 2. The van der Waals surface area contributed by atoms with Crippen LogP contribution in [0.2, 0.25) is 0 Å². The molecule has 1 atom stereocenters. The summed E-state index contributed by atoms with van der Waals surface area (Å²) in [5.74, 6) is 0.887. The van der Waals surface area contributed by atoms with E-state index in [1.807, 2.05) is 38.1 Å². The van der Waals surface area contributed by atoms with Crippen molar-refractivity contribution in [1.82, 2.24) is 0 Å². The molecule has 0 amide bonds. The molecule has 2 N–H and O–H groups in total. The molecule has 0 saturated heterocycles. The van der Waals surface area contributed by atoms with E-state index in [2.05, 4.69) is 19.2 Å². The molecule has 0 aliphatic rings. The summed E-state index contributed by atoms with van der Waals surface area (Å²) in [5, 5.41) is 12.9. The van der Waals surface area contributed by atoms with E-state index in [9.17, 15) is 5.11 Å². The van der Waals surface area contributed by atoms with Gasteiger partial charge in [-0.2, -0.15) is 0 Å². The lowest BCUT2D eigenvalue weighted by Crippen LogP contribution is -2.22. The molecule has 0 spiro atoms. The predicted octanol–water partition coefficient (Wildman–Crippen LogP) is 3.44. The van der Waals surface area contributed by atoms with Gasteiger partial charge in [0.15, 0.2) is 0 Å². The lowest BCUT2D eigenvalue weighted by atomic mass is 10.1. The van der Waals surface area contributed by atoms with E-state index in [0.717, 1.165) is 24.4 Å². The molecule has 0 heterocycles. The van der Waals surface area contributed by atoms with Crippen LogP contribution in [0.4, 0.5) is 5.69 Å². The normalized spacial score (nSPS) is 13.2. The van der Waals surface area contributed by atoms with Crippen molar-refractivity contribution in [2.24, 2.45) is 0 Å². The highest BCUT2D eigenvalue weighted by Gasteiger charge is 2.11. The summed E-state index contributed by atoms with van der Waals surface area (Å²) < 4.78 is 5.76. The summed E-state index contributed by atoms with van der Waals surface area (Å²) in [6.45, 7) is 8.55. The maximum absolute atomic E-state index is 9.64. The summed E-state index contributed by atoms with van der Waals surface area (Å²) in [7, 11) is 0. The average molecular weight is 251 g/mol. The topological polar surface area (TPSA) is 41.5 Å². The Bertz CT molecular complexity index is 358. The van der Waals surface area contributed by atoms with Crippen molar-refractivity contribution < 1.29 is 9.84 Å². The van der Waals surface area contributed by atoms with Gasteiger partial charge in [-0.25, -0.2) is 0 Å². The monoisotopic (exact) mass is 251 g/mol. The van der Waals surface area contributed by atoms with E-state index in [1.54, 1.807) is 0 Å². The van der Waals surface area contributed by atoms with Gasteiger partial charge in [0.25, 0.3) is 0 Å². The van der Waals surface area contributed by atoms with Crippen molar-refractivity contribution in [1.29, 1.82) is 0 Å². The van der Waals surface area contributed by atoms with Crippen LogP contribution in [-0.2, 0) is 0 Å². The van der Waals surface area contributed by atoms with Crippen LogP contribution in [0.15, 0.2) is 24.3 Å². The first-order valence-electron chi connectivity index (χ1n) is 6.63. The fourth-order valence-electron chi connectivity index (χ4n) is 1.51. The number of hydrogen-bond acceptors (Lipinski definition) is 3. The molecule has 0 bridgehead atoms. The summed E-state index contributed by atoms with van der Waals surface area (Å²) in [6.07, 6.45) is 1.94. The first-order chi connectivity index (χ1) is 8.40. The first-order valence-corrected chi connectivity index (χ1v) is 6.63. The SMILES string of the molecule is CCC(C)Oc1cccc(NCCC(C)(C)O)c1. The Balaban J connectivity index is 2.49. The van der Waals surface area contributed by atoms with Crippen molar-refractivity contribution in [2.75, 3.05) is 11.9 Å². The van der Waals surface area contributed by atoms with E-state index in [1.165, 1.54) is 0 Å². The fraction of sp³-hybridized carbons (Fsp3) is 0.600. The van der Waals surface area contributed by atoms with E-state index >= 15 is 0 Å². The highest BCUT2D eigenvalue weighted by atomic mass is 16.5. The zero-order valence-electron chi connectivity index (χ0n) is 11.9. The number of aliphatic hydroxyl groups is 1. The van der Waals surface area contributed by atoms with Gasteiger partial charge in [0, 0.05) is 18.3 Å². The zero-order valence-corrected chi connectivity index (χ0v) is 11.9. The maximum atomic E-state index is 9.64. The molecule has 3 heteroatoms. The van der Waals surface area contributed by atoms with Gasteiger partial charge in [0.1, 0.15) is 5.75 Å². The van der Waals surface area contributed by atoms with Gasteiger partial charge in [0.05, 0.1) is 11.7 Å². The molecule has 18 heavy (non-hydrogen) atoms. The van der Waals surface area contributed by atoms with Crippen LogP contribution < -0.4 is 10.1 Å². The number of anilines is 1. The van der Waals surface area contributed by atoms with E-state index in [0.29, 0.717) is 6.42 Å². The minimum absolute atomic E-state index is 0.233. The Morgan fingerprint density at radius 2 is 2.11 bits per heavy atom. The van der Waals surface area contributed by atoms with Crippen molar-refractivity contribution in [3.05, 3.63) is 24.3 Å². The zero-order chi connectivity index (χ0) is 13.6. The van der Waals surface area contributed by atoms with Crippen LogP contribution in [0.3, 0.4) is 0 Å². The van der Waals surface area contributed by atoms with Crippen molar-refractivity contribution in [3.63, 3.8) is 0 Å². The first kappa shape index (κ1) is 14.8.